The molecule has 0 heterocycles. The maximum absolute atomic E-state index is 11.1. The Kier molecular flexibility index (Phi) is 4.33. The van der Waals surface area contributed by atoms with E-state index in [0.29, 0.717) is 0 Å². The van der Waals surface area contributed by atoms with Crippen LogP contribution in [0.2, 0.25) is 0 Å². The highest BCUT2D eigenvalue weighted by Gasteiger charge is 2.19. The van der Waals surface area contributed by atoms with E-state index in [0.717, 1.165) is 0 Å². The molecule has 0 saturated heterocycles. The third-order valence-electron chi connectivity index (χ3n) is 1.19. The van der Waals surface area contributed by atoms with E-state index in [-0.39, 0.29) is 6.54 Å². The van der Waals surface area contributed by atoms with Crippen molar-refractivity contribution in [2.24, 2.45) is 0 Å². The van der Waals surface area contributed by atoms with Crippen molar-refractivity contribution < 1.29 is 14.5 Å². The van der Waals surface area contributed by atoms with Gasteiger partial charge in [0.05, 0.1) is 6.04 Å². The summed E-state index contributed by atoms with van der Waals surface area (Å²) in [4.78, 5) is 20.7. The van der Waals surface area contributed by atoms with Crippen LogP contribution in [0, 0.1) is 10.1 Å². The average Bonchev–Trinajstić information content (AvgIpc) is 1.77. The molecule has 0 aromatic heterocycles. The molecular weight excluding hydrogens is 188 g/mol. The summed E-state index contributed by atoms with van der Waals surface area (Å²) in [6.45, 7) is 6.42. The van der Waals surface area contributed by atoms with Gasteiger partial charge in [-0.2, -0.15) is 0 Å². The fourth-order valence-corrected chi connectivity index (χ4v) is 0.778. The lowest BCUT2D eigenvalue weighted by Gasteiger charge is -2.20. The Morgan fingerprint density at radius 1 is 1.57 bits per heavy atom. The van der Waals surface area contributed by atoms with E-state index in [2.05, 4.69) is 5.32 Å². The first-order valence-corrected chi connectivity index (χ1v) is 4.32. The van der Waals surface area contributed by atoms with Crippen molar-refractivity contribution in [3.8, 4) is 0 Å². The van der Waals surface area contributed by atoms with Crippen molar-refractivity contribution in [3.05, 3.63) is 10.1 Å². The Balaban J connectivity index is 3.89. The highest BCUT2D eigenvalue weighted by Crippen LogP contribution is 2.06. The lowest BCUT2D eigenvalue weighted by atomic mass is 10.2. The van der Waals surface area contributed by atoms with Gasteiger partial charge < -0.3 is 10.1 Å². The van der Waals surface area contributed by atoms with Gasteiger partial charge in [-0.1, -0.05) is 0 Å². The average molecular weight is 204 g/mol. The van der Waals surface area contributed by atoms with Crippen LogP contribution >= 0.6 is 0 Å². The molecule has 0 aromatic carbocycles. The summed E-state index contributed by atoms with van der Waals surface area (Å²) >= 11 is 0. The first-order chi connectivity index (χ1) is 6.20. The van der Waals surface area contributed by atoms with E-state index >= 15 is 0 Å². The molecule has 0 fully saturated rings. The SMILES string of the molecule is C[C@H](C[N+](=O)[O-])NC(=O)OC(C)(C)C. The van der Waals surface area contributed by atoms with E-state index in [9.17, 15) is 14.9 Å². The number of amides is 1. The minimum atomic E-state index is -0.633. The zero-order chi connectivity index (χ0) is 11.4. The van der Waals surface area contributed by atoms with Gasteiger partial charge in [0.1, 0.15) is 5.60 Å². The second-order valence-corrected chi connectivity index (χ2v) is 4.06. The van der Waals surface area contributed by atoms with Crippen LogP contribution in [0.5, 0.6) is 0 Å². The van der Waals surface area contributed by atoms with Crippen LogP contribution in [0.3, 0.4) is 0 Å². The summed E-state index contributed by atoms with van der Waals surface area (Å²) in [7, 11) is 0. The van der Waals surface area contributed by atoms with Crippen LogP contribution in [-0.4, -0.2) is 29.2 Å². The maximum Gasteiger partial charge on any atom is 0.408 e. The Morgan fingerprint density at radius 3 is 2.43 bits per heavy atom. The molecule has 14 heavy (non-hydrogen) atoms. The number of hydrogen-bond donors (Lipinski definition) is 1. The predicted octanol–water partition coefficient (Wildman–Crippen LogP) is 1.18. The molecule has 0 radical (unpaired) electrons. The highest BCUT2D eigenvalue weighted by molar-refractivity contribution is 5.68. The van der Waals surface area contributed by atoms with Gasteiger partial charge in [0.2, 0.25) is 6.54 Å². The van der Waals surface area contributed by atoms with E-state index in [1.54, 1.807) is 27.7 Å². The first kappa shape index (κ1) is 12.7. The Bertz CT molecular complexity index is 222. The third kappa shape index (κ3) is 7.33. The molecular formula is C8H16N2O4. The van der Waals surface area contributed by atoms with Gasteiger partial charge in [-0.05, 0) is 27.7 Å². The van der Waals surface area contributed by atoms with Crippen LogP contribution in [0.15, 0.2) is 0 Å². The fourth-order valence-electron chi connectivity index (χ4n) is 0.778. The largest absolute Gasteiger partial charge is 0.444 e. The van der Waals surface area contributed by atoms with Gasteiger partial charge in [-0.3, -0.25) is 10.1 Å². The molecule has 82 valence electrons. The van der Waals surface area contributed by atoms with Gasteiger partial charge in [0.25, 0.3) is 0 Å². The summed E-state index contributed by atoms with van der Waals surface area (Å²) in [6, 6.07) is -0.528. The first-order valence-electron chi connectivity index (χ1n) is 4.32. The molecule has 0 saturated carbocycles. The Morgan fingerprint density at radius 2 is 2.07 bits per heavy atom. The van der Waals surface area contributed by atoms with Gasteiger partial charge in [-0.15, -0.1) is 0 Å². The molecule has 1 N–H and O–H groups in total. The van der Waals surface area contributed by atoms with Crippen LogP contribution in [0.4, 0.5) is 4.79 Å². The lowest BCUT2D eigenvalue weighted by Crippen LogP contribution is -2.40. The summed E-state index contributed by atoms with van der Waals surface area (Å²) < 4.78 is 4.92. The second kappa shape index (κ2) is 4.78. The van der Waals surface area contributed by atoms with E-state index in [4.69, 9.17) is 4.74 Å². The number of carbonyl (C=O) groups excluding carboxylic acids is 1. The predicted molar refractivity (Wildman–Crippen MR) is 50.7 cm³/mol. The maximum atomic E-state index is 11.1. The molecule has 0 bridgehead atoms. The smallest absolute Gasteiger partial charge is 0.408 e. The topological polar surface area (TPSA) is 81.5 Å². The van der Waals surface area contributed by atoms with Crippen molar-refractivity contribution in [2.75, 3.05) is 6.54 Å². The minimum Gasteiger partial charge on any atom is -0.444 e. The monoisotopic (exact) mass is 204 g/mol. The summed E-state index contributed by atoms with van der Waals surface area (Å²) in [5, 5.41) is 12.5. The summed E-state index contributed by atoms with van der Waals surface area (Å²) in [5.41, 5.74) is -0.585. The number of nitro groups is 1. The van der Waals surface area contributed by atoms with Crippen molar-refractivity contribution in [2.45, 2.75) is 39.3 Å². The number of nitrogens with one attached hydrogen (secondary N) is 1. The third-order valence-corrected chi connectivity index (χ3v) is 1.19. The number of nitrogens with zero attached hydrogens (tertiary/aromatic N) is 1. The Labute approximate surface area is 82.8 Å². The fraction of sp³-hybridized carbons (Fsp3) is 0.875. The molecule has 0 aromatic rings. The van der Waals surface area contributed by atoms with Crippen molar-refractivity contribution >= 4 is 6.09 Å². The number of rotatable bonds is 3. The lowest BCUT2D eigenvalue weighted by molar-refractivity contribution is -0.482. The van der Waals surface area contributed by atoms with Crippen molar-refractivity contribution in [1.82, 2.24) is 5.32 Å². The van der Waals surface area contributed by atoms with Gasteiger partial charge >= 0.3 is 6.09 Å². The van der Waals surface area contributed by atoms with Gasteiger partial charge in [0, 0.05) is 4.92 Å². The number of hydrogen-bond acceptors (Lipinski definition) is 4. The molecule has 6 heteroatoms. The molecule has 1 atom stereocenters. The Hall–Kier alpha value is -1.33. The van der Waals surface area contributed by atoms with Crippen LogP contribution < -0.4 is 5.32 Å². The van der Waals surface area contributed by atoms with E-state index in [1.165, 1.54) is 0 Å². The quantitative estimate of drug-likeness (QED) is 0.552. The van der Waals surface area contributed by atoms with Crippen molar-refractivity contribution in [1.29, 1.82) is 0 Å². The molecule has 0 spiro atoms. The molecule has 0 aliphatic heterocycles. The number of carbonyl (C=O) groups is 1. The molecule has 0 aliphatic carbocycles. The van der Waals surface area contributed by atoms with Gasteiger partial charge in [0.15, 0.2) is 0 Å². The second-order valence-electron chi connectivity index (χ2n) is 4.06. The normalized spacial score (nSPS) is 13.1. The number of alkyl carbamates (subject to hydrolysis) is 1. The molecule has 0 aliphatic rings. The van der Waals surface area contributed by atoms with E-state index in [1.807, 2.05) is 0 Å². The van der Waals surface area contributed by atoms with Crippen molar-refractivity contribution in [3.63, 3.8) is 0 Å². The summed E-state index contributed by atoms with van der Waals surface area (Å²) in [5.74, 6) is 0. The van der Waals surface area contributed by atoms with Crippen LogP contribution in [0.1, 0.15) is 27.7 Å². The summed E-state index contributed by atoms with van der Waals surface area (Å²) in [6.07, 6.45) is -0.633. The molecule has 6 nitrogen and oxygen atoms in total. The minimum absolute atomic E-state index is 0.306. The van der Waals surface area contributed by atoms with Crippen LogP contribution in [-0.2, 0) is 4.74 Å². The molecule has 0 unspecified atom stereocenters. The van der Waals surface area contributed by atoms with E-state index < -0.39 is 22.7 Å². The molecule has 0 rings (SSSR count). The van der Waals surface area contributed by atoms with Crippen LogP contribution in [0.25, 0.3) is 0 Å². The number of ether oxygens (including phenoxy) is 1. The zero-order valence-electron chi connectivity index (χ0n) is 8.86. The molecule has 1 amide bonds. The highest BCUT2D eigenvalue weighted by atomic mass is 16.6. The van der Waals surface area contributed by atoms with Gasteiger partial charge in [-0.25, -0.2) is 4.79 Å². The zero-order valence-corrected chi connectivity index (χ0v) is 8.86. The standard InChI is InChI=1S/C8H16N2O4/c1-6(5-10(12)13)9-7(11)14-8(2,3)4/h6H,5H2,1-4H3,(H,9,11)/t6-/m1/s1.